The number of non-ortho nitro benzene ring substituents is 1. The zero-order chi connectivity index (χ0) is 28.7. The molecule has 4 rings (SSSR count). The average molecular weight is 573 g/mol. The molecule has 0 saturated carbocycles. The number of aromatic nitrogens is 2. The number of carbonyl (C=O) groups is 2. The van der Waals surface area contributed by atoms with E-state index in [1.165, 1.54) is 23.8 Å². The summed E-state index contributed by atoms with van der Waals surface area (Å²) in [6, 6.07) is 1.45. The number of hydrogen-bond acceptors (Lipinski definition) is 8. The standard InChI is InChI=1S/C23H24ClF3N6O6/c1-12(13-7-14(23(25,26)27)9-15(8-13)33(37)38)28-18-16-10-32(11-17(16)29-20(24)30-18)19(34)22(39-2)3-5-31(6-4-22)21(35)36/h7-9,12H,3-6,10-11H2,1-2H3,(H,35,36)(H,28,29,30). The van der Waals surface area contributed by atoms with E-state index in [0.717, 1.165) is 12.1 Å². The van der Waals surface area contributed by atoms with E-state index >= 15 is 0 Å². The zero-order valence-electron chi connectivity index (χ0n) is 20.8. The Balaban J connectivity index is 1.58. The van der Waals surface area contributed by atoms with Crippen LogP contribution in [0.25, 0.3) is 0 Å². The van der Waals surface area contributed by atoms with Gasteiger partial charge in [-0.05, 0) is 30.2 Å². The summed E-state index contributed by atoms with van der Waals surface area (Å²) in [5, 5.41) is 23.3. The minimum atomic E-state index is -4.79. The van der Waals surface area contributed by atoms with Crippen LogP contribution in [0.5, 0.6) is 0 Å². The van der Waals surface area contributed by atoms with Crippen LogP contribution in [0.15, 0.2) is 18.2 Å². The van der Waals surface area contributed by atoms with Gasteiger partial charge in [0.25, 0.3) is 11.6 Å². The second-order valence-electron chi connectivity index (χ2n) is 9.33. The minimum absolute atomic E-state index is 0.00512. The number of nitro benzene ring substituents is 1. The Labute approximate surface area is 224 Å². The van der Waals surface area contributed by atoms with Crippen molar-refractivity contribution < 1.29 is 37.5 Å². The average Bonchev–Trinajstić information content (AvgIpc) is 3.31. The maximum Gasteiger partial charge on any atom is 0.416 e. The zero-order valence-corrected chi connectivity index (χ0v) is 21.5. The molecule has 1 unspecified atom stereocenters. The first-order valence-corrected chi connectivity index (χ1v) is 12.1. The first-order valence-electron chi connectivity index (χ1n) is 11.7. The molecule has 0 aliphatic carbocycles. The molecule has 2 aromatic rings. The minimum Gasteiger partial charge on any atom is -0.465 e. The van der Waals surface area contributed by atoms with Crippen molar-refractivity contribution in [1.82, 2.24) is 19.8 Å². The highest BCUT2D eigenvalue weighted by Gasteiger charge is 2.46. The third kappa shape index (κ3) is 5.68. The first kappa shape index (κ1) is 28.3. The lowest BCUT2D eigenvalue weighted by atomic mass is 9.89. The summed E-state index contributed by atoms with van der Waals surface area (Å²) in [5.41, 5.74) is -2.22. The van der Waals surface area contributed by atoms with Gasteiger partial charge in [-0.2, -0.15) is 13.2 Å². The van der Waals surface area contributed by atoms with Gasteiger partial charge in [-0.3, -0.25) is 14.9 Å². The summed E-state index contributed by atoms with van der Waals surface area (Å²) in [4.78, 5) is 46.2. The van der Waals surface area contributed by atoms with Gasteiger partial charge in [0, 0.05) is 50.7 Å². The number of piperidine rings is 1. The number of hydrogen-bond donors (Lipinski definition) is 2. The number of likely N-dealkylation sites (tertiary alicyclic amines) is 1. The summed E-state index contributed by atoms with van der Waals surface area (Å²) in [6.45, 7) is 1.85. The molecule has 1 fully saturated rings. The van der Waals surface area contributed by atoms with Gasteiger partial charge in [-0.1, -0.05) is 0 Å². The number of anilines is 1. The van der Waals surface area contributed by atoms with E-state index < -0.39 is 40.1 Å². The predicted octanol–water partition coefficient (Wildman–Crippen LogP) is 4.23. The quantitative estimate of drug-likeness (QED) is 0.294. The van der Waals surface area contributed by atoms with E-state index in [1.807, 2.05) is 0 Å². The number of amides is 2. The number of carboxylic acid groups (broad SMARTS) is 1. The number of carbonyl (C=O) groups excluding carboxylic acids is 1. The highest BCUT2D eigenvalue weighted by molar-refractivity contribution is 6.28. The van der Waals surface area contributed by atoms with Crippen LogP contribution in [0, 0.1) is 10.1 Å². The van der Waals surface area contributed by atoms with Crippen LogP contribution in [-0.4, -0.2) is 67.6 Å². The number of rotatable bonds is 6. The lowest BCUT2D eigenvalue weighted by molar-refractivity contribution is -0.385. The molecule has 0 bridgehead atoms. The maximum atomic E-state index is 13.5. The van der Waals surface area contributed by atoms with Crippen molar-refractivity contribution in [2.45, 2.75) is 50.7 Å². The number of alkyl halides is 3. The Morgan fingerprint density at radius 2 is 1.87 bits per heavy atom. The summed E-state index contributed by atoms with van der Waals surface area (Å²) < 4.78 is 45.7. The van der Waals surface area contributed by atoms with Crippen LogP contribution < -0.4 is 5.32 Å². The number of halogens is 4. The molecular formula is C23H24ClF3N6O6. The number of fused-ring (bicyclic) bond motifs is 1. The Morgan fingerprint density at radius 1 is 1.21 bits per heavy atom. The highest BCUT2D eigenvalue weighted by atomic mass is 35.5. The molecule has 210 valence electrons. The van der Waals surface area contributed by atoms with Crippen LogP contribution in [0.4, 0.5) is 29.5 Å². The number of ether oxygens (including phenoxy) is 1. The summed E-state index contributed by atoms with van der Waals surface area (Å²) >= 11 is 6.10. The molecule has 0 radical (unpaired) electrons. The van der Waals surface area contributed by atoms with Crippen LogP contribution in [0.3, 0.4) is 0 Å². The SMILES string of the molecule is COC1(C(=O)N2Cc3nc(Cl)nc(NC(C)c4cc([N+](=O)[O-])cc(C(F)(F)F)c4)c3C2)CCN(C(=O)O)CC1. The number of benzene rings is 1. The largest absolute Gasteiger partial charge is 0.465 e. The van der Waals surface area contributed by atoms with E-state index in [1.54, 1.807) is 0 Å². The highest BCUT2D eigenvalue weighted by Crippen LogP contribution is 2.37. The van der Waals surface area contributed by atoms with Crippen LogP contribution in [-0.2, 0) is 28.8 Å². The van der Waals surface area contributed by atoms with Crippen molar-refractivity contribution in [1.29, 1.82) is 0 Å². The maximum absolute atomic E-state index is 13.5. The van der Waals surface area contributed by atoms with Crippen LogP contribution in [0.2, 0.25) is 5.28 Å². The lowest BCUT2D eigenvalue weighted by Gasteiger charge is -2.40. The second kappa shape index (κ2) is 10.4. The Bertz CT molecular complexity index is 1320. The first-order chi connectivity index (χ1) is 18.2. The Morgan fingerprint density at radius 3 is 2.44 bits per heavy atom. The fourth-order valence-corrected chi connectivity index (χ4v) is 4.97. The molecule has 1 atom stereocenters. The van der Waals surface area contributed by atoms with E-state index in [0.29, 0.717) is 17.3 Å². The van der Waals surface area contributed by atoms with Gasteiger partial charge in [0.15, 0.2) is 0 Å². The summed E-state index contributed by atoms with van der Waals surface area (Å²) in [5.74, 6) is -0.198. The molecule has 16 heteroatoms. The number of nitrogens with zero attached hydrogens (tertiary/aromatic N) is 5. The molecule has 1 aromatic heterocycles. The molecule has 2 aliphatic heterocycles. The molecule has 0 spiro atoms. The van der Waals surface area contributed by atoms with Gasteiger partial charge in [0.1, 0.15) is 11.4 Å². The van der Waals surface area contributed by atoms with Crippen LogP contribution >= 0.6 is 11.6 Å². The van der Waals surface area contributed by atoms with E-state index in [-0.39, 0.29) is 61.6 Å². The van der Waals surface area contributed by atoms with E-state index in [2.05, 4.69) is 15.3 Å². The summed E-state index contributed by atoms with van der Waals surface area (Å²) in [6.07, 6.45) is -5.56. The van der Waals surface area contributed by atoms with Gasteiger partial charge in [-0.15, -0.1) is 0 Å². The molecule has 1 saturated heterocycles. The number of methoxy groups -OCH3 is 1. The van der Waals surface area contributed by atoms with Crippen molar-refractivity contribution in [3.05, 3.63) is 56.0 Å². The fraction of sp³-hybridized carbons (Fsp3) is 0.478. The van der Waals surface area contributed by atoms with E-state index in [4.69, 9.17) is 16.3 Å². The molecule has 2 amide bonds. The Kier molecular flexibility index (Phi) is 7.58. The van der Waals surface area contributed by atoms with Gasteiger partial charge >= 0.3 is 12.3 Å². The molecule has 12 nitrogen and oxygen atoms in total. The summed E-state index contributed by atoms with van der Waals surface area (Å²) in [7, 11) is 1.39. The predicted molar refractivity (Wildman–Crippen MR) is 130 cm³/mol. The molecular weight excluding hydrogens is 549 g/mol. The van der Waals surface area contributed by atoms with Crippen molar-refractivity contribution in [2.24, 2.45) is 0 Å². The van der Waals surface area contributed by atoms with Crippen molar-refractivity contribution >= 4 is 35.1 Å². The van der Waals surface area contributed by atoms with E-state index in [9.17, 15) is 38.0 Å². The number of nitro groups is 1. The van der Waals surface area contributed by atoms with Crippen molar-refractivity contribution in [3.8, 4) is 0 Å². The third-order valence-corrected chi connectivity index (χ3v) is 7.16. The number of nitrogens with one attached hydrogen (secondary N) is 1. The molecule has 2 N–H and O–H groups in total. The molecule has 39 heavy (non-hydrogen) atoms. The fourth-order valence-electron chi connectivity index (χ4n) is 4.78. The van der Waals surface area contributed by atoms with Gasteiger partial charge in [0.05, 0.1) is 35.3 Å². The molecule has 1 aromatic carbocycles. The van der Waals surface area contributed by atoms with Crippen LogP contribution in [0.1, 0.15) is 48.2 Å². The third-order valence-electron chi connectivity index (χ3n) is 7.00. The Hall–Kier alpha value is -3.72. The monoisotopic (exact) mass is 572 g/mol. The van der Waals surface area contributed by atoms with Crippen molar-refractivity contribution in [3.63, 3.8) is 0 Å². The van der Waals surface area contributed by atoms with Gasteiger partial charge < -0.3 is 25.0 Å². The topological polar surface area (TPSA) is 151 Å². The van der Waals surface area contributed by atoms with Gasteiger partial charge in [-0.25, -0.2) is 14.8 Å². The van der Waals surface area contributed by atoms with Gasteiger partial charge in [0.2, 0.25) is 5.28 Å². The smallest absolute Gasteiger partial charge is 0.416 e. The normalized spacial score (nSPS) is 17.5. The van der Waals surface area contributed by atoms with Crippen molar-refractivity contribution in [2.75, 3.05) is 25.5 Å². The second-order valence-corrected chi connectivity index (χ2v) is 9.67. The lowest BCUT2D eigenvalue weighted by Crippen LogP contribution is -2.55. The molecule has 3 heterocycles. The molecule has 2 aliphatic rings.